The van der Waals surface area contributed by atoms with Gasteiger partial charge in [-0.25, -0.2) is 0 Å². The number of benzene rings is 2. The molecule has 1 aliphatic carbocycles. The monoisotopic (exact) mass is 248 g/mol. The molecule has 0 amide bonds. The van der Waals surface area contributed by atoms with Gasteiger partial charge in [-0.3, -0.25) is 0 Å². The lowest BCUT2D eigenvalue weighted by atomic mass is 9.96. The Morgan fingerprint density at radius 1 is 0.895 bits per heavy atom. The van der Waals surface area contributed by atoms with Crippen molar-refractivity contribution in [2.45, 2.75) is 13.3 Å². The van der Waals surface area contributed by atoms with Crippen LogP contribution in [-0.4, -0.2) is 13.2 Å². The first-order valence-electron chi connectivity index (χ1n) is 6.85. The average Bonchev–Trinajstić information content (AvgIpc) is 3.03. The summed E-state index contributed by atoms with van der Waals surface area (Å²) in [5.74, 6) is 0. The minimum absolute atomic E-state index is 0.789. The van der Waals surface area contributed by atoms with Crippen LogP contribution in [-0.2, 0) is 4.74 Å². The molecule has 0 spiro atoms. The number of ether oxygens (including phenoxy) is 1. The molecule has 94 valence electrons. The zero-order valence-corrected chi connectivity index (χ0v) is 11.1. The van der Waals surface area contributed by atoms with Gasteiger partial charge in [0.15, 0.2) is 0 Å². The van der Waals surface area contributed by atoms with Gasteiger partial charge in [0.25, 0.3) is 0 Å². The molecule has 0 radical (unpaired) electrons. The maximum absolute atomic E-state index is 5.57. The fourth-order valence-corrected chi connectivity index (χ4v) is 3.22. The summed E-state index contributed by atoms with van der Waals surface area (Å²) in [6, 6.07) is 15.5. The smallest absolute Gasteiger partial charge is 0.0687 e. The SMILES string of the molecule is Cc1ccc2c(c1)/C(=C1/CCOC1)c1ccccc1-2. The minimum atomic E-state index is 0.789. The Morgan fingerprint density at radius 2 is 1.68 bits per heavy atom. The van der Waals surface area contributed by atoms with Gasteiger partial charge >= 0.3 is 0 Å². The van der Waals surface area contributed by atoms with Gasteiger partial charge in [0.2, 0.25) is 0 Å². The third kappa shape index (κ3) is 1.58. The number of aryl methyl sites for hydroxylation is 1. The van der Waals surface area contributed by atoms with Crippen LogP contribution in [0.1, 0.15) is 23.1 Å². The summed E-state index contributed by atoms with van der Waals surface area (Å²) < 4.78 is 5.57. The van der Waals surface area contributed by atoms with E-state index in [1.165, 1.54) is 39.0 Å². The molecule has 1 heteroatoms. The minimum Gasteiger partial charge on any atom is -0.377 e. The number of fused-ring (bicyclic) bond motifs is 3. The lowest BCUT2D eigenvalue weighted by molar-refractivity contribution is 0.205. The van der Waals surface area contributed by atoms with E-state index < -0.39 is 0 Å². The van der Waals surface area contributed by atoms with Crippen molar-refractivity contribution in [1.29, 1.82) is 0 Å². The maximum atomic E-state index is 5.57. The van der Waals surface area contributed by atoms with E-state index in [9.17, 15) is 0 Å². The molecular weight excluding hydrogens is 232 g/mol. The molecule has 0 bridgehead atoms. The first kappa shape index (κ1) is 11.0. The van der Waals surface area contributed by atoms with Gasteiger partial charge in [-0.15, -0.1) is 0 Å². The fraction of sp³-hybridized carbons (Fsp3) is 0.222. The van der Waals surface area contributed by atoms with E-state index in [1.807, 2.05) is 0 Å². The molecular formula is C18H16O. The number of hydrogen-bond donors (Lipinski definition) is 0. The van der Waals surface area contributed by atoms with E-state index in [4.69, 9.17) is 4.74 Å². The van der Waals surface area contributed by atoms with Crippen molar-refractivity contribution < 1.29 is 4.74 Å². The standard InChI is InChI=1S/C18H16O/c1-12-6-7-15-14-4-2-3-5-16(14)18(17(15)10-12)13-8-9-19-11-13/h2-7,10H,8-9,11H2,1H3/b18-13-. The summed E-state index contributed by atoms with van der Waals surface area (Å²) in [6.07, 6.45) is 1.07. The molecule has 1 aliphatic heterocycles. The second-order valence-electron chi connectivity index (χ2n) is 5.38. The van der Waals surface area contributed by atoms with E-state index in [-0.39, 0.29) is 0 Å². The van der Waals surface area contributed by atoms with Gasteiger partial charge < -0.3 is 4.74 Å². The summed E-state index contributed by atoms with van der Waals surface area (Å²) in [4.78, 5) is 0. The van der Waals surface area contributed by atoms with Gasteiger partial charge in [-0.2, -0.15) is 0 Å². The molecule has 1 fully saturated rings. The Bertz CT molecular complexity index is 687. The van der Waals surface area contributed by atoms with Crippen LogP contribution in [0.2, 0.25) is 0 Å². The molecule has 2 aromatic carbocycles. The lowest BCUT2D eigenvalue weighted by Crippen LogP contribution is -1.91. The van der Waals surface area contributed by atoms with Crippen LogP contribution in [0, 0.1) is 6.92 Å². The zero-order valence-electron chi connectivity index (χ0n) is 11.1. The predicted octanol–water partition coefficient (Wildman–Crippen LogP) is 4.20. The summed E-state index contributed by atoms with van der Waals surface area (Å²) in [5.41, 5.74) is 9.71. The molecule has 2 aromatic rings. The van der Waals surface area contributed by atoms with E-state index in [2.05, 4.69) is 49.4 Å². The quantitative estimate of drug-likeness (QED) is 0.579. The molecule has 4 rings (SSSR count). The summed E-state index contributed by atoms with van der Waals surface area (Å²) in [6.45, 7) is 3.82. The Morgan fingerprint density at radius 3 is 2.47 bits per heavy atom. The van der Waals surface area contributed by atoms with Gasteiger partial charge in [-0.05, 0) is 46.7 Å². The van der Waals surface area contributed by atoms with E-state index in [0.717, 1.165) is 19.6 Å². The van der Waals surface area contributed by atoms with Crippen molar-refractivity contribution in [3.05, 3.63) is 64.7 Å². The van der Waals surface area contributed by atoms with Crippen molar-refractivity contribution in [2.75, 3.05) is 13.2 Å². The van der Waals surface area contributed by atoms with Crippen LogP contribution in [0.5, 0.6) is 0 Å². The first-order valence-corrected chi connectivity index (χ1v) is 6.85. The van der Waals surface area contributed by atoms with Crippen LogP contribution < -0.4 is 0 Å². The van der Waals surface area contributed by atoms with Gasteiger partial charge in [0.05, 0.1) is 13.2 Å². The van der Waals surface area contributed by atoms with Crippen molar-refractivity contribution in [1.82, 2.24) is 0 Å². The topological polar surface area (TPSA) is 9.23 Å². The highest BCUT2D eigenvalue weighted by Crippen LogP contribution is 2.46. The van der Waals surface area contributed by atoms with E-state index in [0.29, 0.717) is 0 Å². The molecule has 1 nitrogen and oxygen atoms in total. The van der Waals surface area contributed by atoms with Crippen LogP contribution in [0.15, 0.2) is 48.0 Å². The van der Waals surface area contributed by atoms with E-state index >= 15 is 0 Å². The third-order valence-electron chi connectivity index (χ3n) is 4.11. The van der Waals surface area contributed by atoms with Crippen molar-refractivity contribution in [2.24, 2.45) is 0 Å². The summed E-state index contributed by atoms with van der Waals surface area (Å²) in [5, 5.41) is 0. The van der Waals surface area contributed by atoms with Crippen LogP contribution in [0.4, 0.5) is 0 Å². The van der Waals surface area contributed by atoms with Gasteiger partial charge in [-0.1, -0.05) is 48.0 Å². The van der Waals surface area contributed by atoms with E-state index in [1.54, 1.807) is 0 Å². The number of hydrogen-bond acceptors (Lipinski definition) is 1. The highest BCUT2D eigenvalue weighted by Gasteiger charge is 2.26. The van der Waals surface area contributed by atoms with Crippen LogP contribution >= 0.6 is 0 Å². The fourth-order valence-electron chi connectivity index (χ4n) is 3.22. The van der Waals surface area contributed by atoms with Gasteiger partial charge in [0, 0.05) is 0 Å². The molecule has 2 aliphatic rings. The number of rotatable bonds is 0. The second kappa shape index (κ2) is 4.07. The highest BCUT2D eigenvalue weighted by atomic mass is 16.5. The Hall–Kier alpha value is -1.86. The third-order valence-corrected chi connectivity index (χ3v) is 4.11. The predicted molar refractivity (Wildman–Crippen MR) is 78.1 cm³/mol. The molecule has 1 saturated heterocycles. The summed E-state index contributed by atoms with van der Waals surface area (Å²) >= 11 is 0. The Kier molecular flexibility index (Phi) is 2.36. The molecule has 0 saturated carbocycles. The first-order chi connectivity index (χ1) is 9.34. The van der Waals surface area contributed by atoms with Crippen molar-refractivity contribution in [3.8, 4) is 11.1 Å². The van der Waals surface area contributed by atoms with Crippen LogP contribution in [0.25, 0.3) is 16.7 Å². The molecule has 0 unspecified atom stereocenters. The molecule has 1 heterocycles. The molecule has 0 atom stereocenters. The zero-order chi connectivity index (χ0) is 12.8. The molecule has 19 heavy (non-hydrogen) atoms. The summed E-state index contributed by atoms with van der Waals surface area (Å²) in [7, 11) is 0. The second-order valence-corrected chi connectivity index (χ2v) is 5.38. The molecule has 0 aromatic heterocycles. The maximum Gasteiger partial charge on any atom is 0.0687 e. The van der Waals surface area contributed by atoms with Crippen molar-refractivity contribution >= 4 is 5.57 Å². The Labute approximate surface area is 113 Å². The normalized spacial score (nSPS) is 20.5. The largest absolute Gasteiger partial charge is 0.377 e. The lowest BCUT2D eigenvalue weighted by Gasteiger charge is -2.07. The Balaban J connectivity index is 2.06. The highest BCUT2D eigenvalue weighted by molar-refractivity contribution is 6.02. The van der Waals surface area contributed by atoms with Crippen LogP contribution in [0.3, 0.4) is 0 Å². The van der Waals surface area contributed by atoms with Gasteiger partial charge in [0.1, 0.15) is 0 Å². The molecule has 0 N–H and O–H groups in total. The average molecular weight is 248 g/mol. The van der Waals surface area contributed by atoms with Crippen molar-refractivity contribution in [3.63, 3.8) is 0 Å².